The molecule has 5 nitrogen and oxygen atoms in total. The second-order valence-corrected chi connectivity index (χ2v) is 4.95. The molecular formula is C17H12FNO4. The molecule has 1 heterocycles. The summed E-state index contributed by atoms with van der Waals surface area (Å²) in [4.78, 5) is 37.0. The van der Waals surface area contributed by atoms with Crippen LogP contribution in [0.4, 0.5) is 4.39 Å². The number of nitrogens with zero attached hydrogens (tertiary/aromatic N) is 1. The van der Waals surface area contributed by atoms with Crippen LogP contribution in [0.25, 0.3) is 0 Å². The number of carbonyl (C=O) groups excluding carboxylic acids is 3. The Bertz CT molecular complexity index is 750. The molecule has 0 N–H and O–H groups in total. The number of ether oxygens (including phenoxy) is 1. The lowest BCUT2D eigenvalue weighted by molar-refractivity contribution is 0.0420. The average molecular weight is 313 g/mol. The molecule has 116 valence electrons. The van der Waals surface area contributed by atoms with E-state index in [0.29, 0.717) is 11.1 Å². The Morgan fingerprint density at radius 1 is 0.957 bits per heavy atom. The zero-order valence-electron chi connectivity index (χ0n) is 12.0. The number of fused-ring (bicyclic) bond motifs is 1. The Morgan fingerprint density at radius 3 is 2.09 bits per heavy atom. The van der Waals surface area contributed by atoms with E-state index in [1.54, 1.807) is 24.3 Å². The summed E-state index contributed by atoms with van der Waals surface area (Å²) in [5.74, 6) is -1.89. The van der Waals surface area contributed by atoms with Crippen molar-refractivity contribution >= 4 is 17.8 Å². The zero-order valence-corrected chi connectivity index (χ0v) is 12.0. The molecule has 1 aliphatic heterocycles. The van der Waals surface area contributed by atoms with Gasteiger partial charge < -0.3 is 4.74 Å². The zero-order chi connectivity index (χ0) is 16.4. The summed E-state index contributed by atoms with van der Waals surface area (Å²) in [5.41, 5.74) is 0.901. The highest BCUT2D eigenvalue weighted by Gasteiger charge is 2.34. The van der Waals surface area contributed by atoms with Crippen molar-refractivity contribution in [3.05, 3.63) is 71.0 Å². The van der Waals surface area contributed by atoms with Crippen LogP contribution in [0.1, 0.15) is 31.1 Å². The largest absolute Gasteiger partial charge is 0.460 e. The van der Waals surface area contributed by atoms with Crippen LogP contribution >= 0.6 is 0 Å². The van der Waals surface area contributed by atoms with Gasteiger partial charge in [-0.15, -0.1) is 0 Å². The highest BCUT2D eigenvalue weighted by Crippen LogP contribution is 2.21. The molecule has 0 radical (unpaired) electrons. The molecular weight excluding hydrogens is 301 g/mol. The Labute approximate surface area is 131 Å². The third-order valence-electron chi connectivity index (χ3n) is 3.51. The fraction of sp³-hybridized carbons (Fsp3) is 0.118. The van der Waals surface area contributed by atoms with Crippen LogP contribution in [0.15, 0.2) is 48.5 Å². The molecule has 0 unspecified atom stereocenters. The Kier molecular flexibility index (Phi) is 3.89. The third-order valence-corrected chi connectivity index (χ3v) is 3.51. The first kappa shape index (κ1) is 14.9. The Balaban J connectivity index is 1.60. The molecule has 0 spiro atoms. The van der Waals surface area contributed by atoms with Gasteiger partial charge in [0.25, 0.3) is 11.8 Å². The van der Waals surface area contributed by atoms with Gasteiger partial charge in [-0.25, -0.2) is 9.18 Å². The second kappa shape index (κ2) is 6.00. The molecule has 1 aliphatic rings. The summed E-state index contributed by atoms with van der Waals surface area (Å²) in [6.07, 6.45) is 0. The predicted molar refractivity (Wildman–Crippen MR) is 78.5 cm³/mol. The first-order valence-electron chi connectivity index (χ1n) is 6.96. The molecule has 3 rings (SSSR count). The van der Waals surface area contributed by atoms with Crippen molar-refractivity contribution < 1.29 is 23.5 Å². The summed E-state index contributed by atoms with van der Waals surface area (Å²) in [6.45, 7) is -0.152. The second-order valence-electron chi connectivity index (χ2n) is 4.95. The fourth-order valence-corrected chi connectivity index (χ4v) is 2.34. The van der Waals surface area contributed by atoms with Crippen molar-refractivity contribution in [3.8, 4) is 0 Å². The van der Waals surface area contributed by atoms with Crippen LogP contribution in [0.2, 0.25) is 0 Å². The van der Waals surface area contributed by atoms with Crippen LogP contribution in [-0.4, -0.2) is 35.8 Å². The molecule has 0 saturated heterocycles. The number of carbonyl (C=O) groups is 3. The van der Waals surface area contributed by atoms with Crippen LogP contribution in [0.5, 0.6) is 0 Å². The van der Waals surface area contributed by atoms with Gasteiger partial charge in [0, 0.05) is 0 Å². The maximum absolute atomic E-state index is 12.8. The predicted octanol–water partition coefficient (Wildman–Crippen LogP) is 2.28. The first-order valence-corrected chi connectivity index (χ1v) is 6.96. The highest BCUT2D eigenvalue weighted by atomic mass is 19.1. The maximum Gasteiger partial charge on any atom is 0.338 e. The average Bonchev–Trinajstić information content (AvgIpc) is 2.81. The minimum atomic E-state index is -0.637. The number of hydrogen-bond donors (Lipinski definition) is 0. The number of halogens is 1. The maximum atomic E-state index is 12.8. The highest BCUT2D eigenvalue weighted by molar-refractivity contribution is 6.21. The third kappa shape index (κ3) is 2.83. The Hall–Kier alpha value is -3.02. The van der Waals surface area contributed by atoms with E-state index in [9.17, 15) is 18.8 Å². The van der Waals surface area contributed by atoms with E-state index in [1.165, 1.54) is 12.1 Å². The lowest BCUT2D eigenvalue weighted by Crippen LogP contribution is -2.33. The smallest absolute Gasteiger partial charge is 0.338 e. The van der Waals surface area contributed by atoms with Crippen molar-refractivity contribution in [2.75, 3.05) is 13.2 Å². The first-order chi connectivity index (χ1) is 11.1. The van der Waals surface area contributed by atoms with E-state index in [0.717, 1.165) is 17.0 Å². The van der Waals surface area contributed by atoms with Crippen molar-refractivity contribution in [1.29, 1.82) is 0 Å². The van der Waals surface area contributed by atoms with Gasteiger partial charge in [0.15, 0.2) is 0 Å². The summed E-state index contributed by atoms with van der Waals surface area (Å²) in [7, 11) is 0. The van der Waals surface area contributed by atoms with E-state index in [1.807, 2.05) is 0 Å². The summed E-state index contributed by atoms with van der Waals surface area (Å²) < 4.78 is 17.8. The summed E-state index contributed by atoms with van der Waals surface area (Å²) >= 11 is 0. The van der Waals surface area contributed by atoms with Crippen LogP contribution < -0.4 is 0 Å². The number of esters is 1. The SMILES string of the molecule is O=C(OCCN1C(=O)c2ccccc2C1=O)c1ccc(F)cc1. The standard InChI is InChI=1S/C17H12FNO4/c18-12-7-5-11(6-8-12)17(22)23-10-9-19-15(20)13-3-1-2-4-14(13)16(19)21/h1-8H,9-10H2. The lowest BCUT2D eigenvalue weighted by atomic mass is 10.1. The number of hydrogen-bond acceptors (Lipinski definition) is 4. The molecule has 23 heavy (non-hydrogen) atoms. The molecule has 6 heteroatoms. The van der Waals surface area contributed by atoms with E-state index < -0.39 is 23.6 Å². The molecule has 2 aromatic rings. The molecule has 0 fully saturated rings. The minimum absolute atomic E-state index is 0.0285. The summed E-state index contributed by atoms with van der Waals surface area (Å²) in [6, 6.07) is 11.4. The molecule has 0 atom stereocenters. The van der Waals surface area contributed by atoms with Gasteiger partial charge in [0.2, 0.25) is 0 Å². The molecule has 0 saturated carbocycles. The summed E-state index contributed by atoms with van der Waals surface area (Å²) in [5, 5.41) is 0. The number of rotatable bonds is 4. The van der Waals surface area contributed by atoms with Gasteiger partial charge in [-0.05, 0) is 36.4 Å². The van der Waals surface area contributed by atoms with Crippen molar-refractivity contribution in [3.63, 3.8) is 0 Å². The number of benzene rings is 2. The monoisotopic (exact) mass is 313 g/mol. The quantitative estimate of drug-likeness (QED) is 0.642. The number of imide groups is 1. The molecule has 0 aromatic heterocycles. The van der Waals surface area contributed by atoms with Gasteiger partial charge >= 0.3 is 5.97 Å². The van der Waals surface area contributed by atoms with Crippen LogP contribution in [-0.2, 0) is 4.74 Å². The number of amides is 2. The van der Waals surface area contributed by atoms with Crippen molar-refractivity contribution in [1.82, 2.24) is 4.90 Å². The minimum Gasteiger partial charge on any atom is -0.460 e. The molecule has 2 aromatic carbocycles. The normalized spacial score (nSPS) is 13.2. The molecule has 0 aliphatic carbocycles. The van der Waals surface area contributed by atoms with E-state index in [4.69, 9.17) is 4.74 Å². The fourth-order valence-electron chi connectivity index (χ4n) is 2.34. The lowest BCUT2D eigenvalue weighted by Gasteiger charge is -2.13. The van der Waals surface area contributed by atoms with Crippen LogP contribution in [0, 0.1) is 5.82 Å². The van der Waals surface area contributed by atoms with Crippen molar-refractivity contribution in [2.24, 2.45) is 0 Å². The van der Waals surface area contributed by atoms with Crippen molar-refractivity contribution in [2.45, 2.75) is 0 Å². The van der Waals surface area contributed by atoms with Gasteiger partial charge in [-0.3, -0.25) is 14.5 Å². The van der Waals surface area contributed by atoms with Gasteiger partial charge in [-0.2, -0.15) is 0 Å². The van der Waals surface area contributed by atoms with Crippen LogP contribution in [0.3, 0.4) is 0 Å². The molecule has 2 amide bonds. The van der Waals surface area contributed by atoms with E-state index in [2.05, 4.69) is 0 Å². The topological polar surface area (TPSA) is 63.7 Å². The van der Waals surface area contributed by atoms with Gasteiger partial charge in [0.1, 0.15) is 12.4 Å². The van der Waals surface area contributed by atoms with E-state index in [-0.39, 0.29) is 18.7 Å². The molecule has 0 bridgehead atoms. The Morgan fingerprint density at radius 2 is 1.52 bits per heavy atom. The van der Waals surface area contributed by atoms with E-state index >= 15 is 0 Å². The van der Waals surface area contributed by atoms with Gasteiger partial charge in [0.05, 0.1) is 23.2 Å². The van der Waals surface area contributed by atoms with Gasteiger partial charge in [-0.1, -0.05) is 12.1 Å².